The second-order valence-corrected chi connectivity index (χ2v) is 6.63. The molecule has 1 fully saturated rings. The normalized spacial score (nSPS) is 13.3. The van der Waals surface area contributed by atoms with Crippen LogP contribution in [0.4, 0.5) is 10.5 Å². The fraction of sp³-hybridized carbons (Fsp3) is 0.286. The molecular formula is C21H23N3O4. The first kappa shape index (κ1) is 19.4. The number of ketones is 1. The van der Waals surface area contributed by atoms with E-state index < -0.39 is 0 Å². The van der Waals surface area contributed by atoms with Crippen molar-refractivity contribution in [3.8, 4) is 5.75 Å². The summed E-state index contributed by atoms with van der Waals surface area (Å²) in [5, 5.41) is 5.55. The molecule has 2 aromatic carbocycles. The molecule has 0 saturated carbocycles. The van der Waals surface area contributed by atoms with Crippen molar-refractivity contribution in [1.29, 1.82) is 0 Å². The largest absolute Gasteiger partial charge is 0.497 e. The summed E-state index contributed by atoms with van der Waals surface area (Å²) in [5.74, 6) is 0.820. The molecular weight excluding hydrogens is 358 g/mol. The summed E-state index contributed by atoms with van der Waals surface area (Å²) >= 11 is 0. The van der Waals surface area contributed by atoms with Crippen LogP contribution in [0.25, 0.3) is 0 Å². The van der Waals surface area contributed by atoms with Crippen molar-refractivity contribution in [1.82, 2.24) is 10.2 Å². The molecule has 1 heterocycles. The van der Waals surface area contributed by atoms with E-state index in [2.05, 4.69) is 10.6 Å². The van der Waals surface area contributed by atoms with Gasteiger partial charge in [-0.05, 0) is 35.4 Å². The summed E-state index contributed by atoms with van der Waals surface area (Å²) < 4.78 is 5.10. The smallest absolute Gasteiger partial charge is 0.319 e. The van der Waals surface area contributed by atoms with E-state index in [1.54, 1.807) is 36.3 Å². The Kier molecular flexibility index (Phi) is 6.26. The molecule has 0 aliphatic carbocycles. The number of nitrogens with one attached hydrogen (secondary N) is 2. The van der Waals surface area contributed by atoms with Crippen molar-refractivity contribution < 1.29 is 19.1 Å². The summed E-state index contributed by atoms with van der Waals surface area (Å²) in [6.45, 7) is 1.12. The van der Waals surface area contributed by atoms with E-state index in [9.17, 15) is 14.4 Å². The second-order valence-electron chi connectivity index (χ2n) is 6.63. The van der Waals surface area contributed by atoms with Gasteiger partial charge in [-0.25, -0.2) is 4.79 Å². The first-order valence-corrected chi connectivity index (χ1v) is 9.09. The number of Topliss-reactive ketones (excluding diaryl/α,β-unsaturated/α-hetero) is 1. The Labute approximate surface area is 163 Å². The van der Waals surface area contributed by atoms with E-state index in [1.165, 1.54) is 0 Å². The van der Waals surface area contributed by atoms with Crippen LogP contribution in [-0.4, -0.2) is 42.8 Å². The van der Waals surface area contributed by atoms with Gasteiger partial charge in [-0.3, -0.25) is 9.59 Å². The van der Waals surface area contributed by atoms with Crippen molar-refractivity contribution in [3.05, 3.63) is 59.7 Å². The molecule has 7 heteroatoms. The van der Waals surface area contributed by atoms with Crippen molar-refractivity contribution in [2.75, 3.05) is 25.5 Å². The van der Waals surface area contributed by atoms with Gasteiger partial charge in [0.1, 0.15) is 5.75 Å². The Morgan fingerprint density at radius 1 is 1.04 bits per heavy atom. The zero-order valence-electron chi connectivity index (χ0n) is 15.7. The van der Waals surface area contributed by atoms with E-state index in [0.717, 1.165) is 16.9 Å². The fourth-order valence-corrected chi connectivity index (χ4v) is 2.94. The first-order valence-electron chi connectivity index (χ1n) is 9.09. The van der Waals surface area contributed by atoms with E-state index in [-0.39, 0.29) is 30.7 Å². The minimum absolute atomic E-state index is 0.0520. The molecule has 1 aliphatic heterocycles. The molecule has 1 aliphatic rings. The molecule has 3 amide bonds. The van der Waals surface area contributed by atoms with Crippen LogP contribution in [0.5, 0.6) is 5.75 Å². The van der Waals surface area contributed by atoms with Gasteiger partial charge in [0.05, 0.1) is 20.1 Å². The highest BCUT2D eigenvalue weighted by Gasteiger charge is 2.23. The lowest BCUT2D eigenvalue weighted by Gasteiger charge is -2.14. The Morgan fingerprint density at radius 3 is 2.32 bits per heavy atom. The number of methoxy groups -OCH3 is 1. The Balaban J connectivity index is 1.45. The number of nitrogens with zero attached hydrogens (tertiary/aromatic N) is 1. The summed E-state index contributed by atoms with van der Waals surface area (Å²) in [7, 11) is 1.61. The first-order chi connectivity index (χ1) is 13.5. The van der Waals surface area contributed by atoms with Crippen molar-refractivity contribution in [3.63, 3.8) is 0 Å². The number of hydrogen-bond acceptors (Lipinski definition) is 4. The van der Waals surface area contributed by atoms with E-state index >= 15 is 0 Å². The second kappa shape index (κ2) is 9.03. The van der Waals surface area contributed by atoms with Gasteiger partial charge in [-0.1, -0.05) is 24.3 Å². The Hall–Kier alpha value is -3.35. The van der Waals surface area contributed by atoms with Crippen LogP contribution < -0.4 is 15.4 Å². The third-order valence-electron chi connectivity index (χ3n) is 4.56. The number of rotatable bonds is 6. The molecule has 2 N–H and O–H groups in total. The number of carbonyl (C=O) groups is 3. The predicted molar refractivity (Wildman–Crippen MR) is 105 cm³/mol. The summed E-state index contributed by atoms with van der Waals surface area (Å²) in [6.07, 6.45) is 0.692. The zero-order chi connectivity index (χ0) is 19.9. The number of hydrogen-bond donors (Lipinski definition) is 2. The van der Waals surface area contributed by atoms with Crippen molar-refractivity contribution in [2.45, 2.75) is 19.4 Å². The number of ether oxygens (including phenoxy) is 1. The number of amides is 3. The van der Waals surface area contributed by atoms with Gasteiger partial charge in [-0.15, -0.1) is 0 Å². The van der Waals surface area contributed by atoms with Crippen LogP contribution in [0.2, 0.25) is 0 Å². The Bertz CT molecular complexity index is 847. The number of urea groups is 1. The number of likely N-dealkylation sites (tertiary alicyclic amines) is 1. The maximum absolute atomic E-state index is 12.2. The van der Waals surface area contributed by atoms with Crippen LogP contribution in [0.3, 0.4) is 0 Å². The molecule has 146 valence electrons. The van der Waals surface area contributed by atoms with E-state index in [0.29, 0.717) is 25.2 Å². The highest BCUT2D eigenvalue weighted by molar-refractivity contribution is 5.91. The maximum Gasteiger partial charge on any atom is 0.319 e. The van der Waals surface area contributed by atoms with Crippen molar-refractivity contribution >= 4 is 23.4 Å². The van der Waals surface area contributed by atoms with Crippen LogP contribution in [0.15, 0.2) is 48.5 Å². The number of benzene rings is 2. The average molecular weight is 381 g/mol. The molecule has 0 spiro atoms. The average Bonchev–Trinajstić information content (AvgIpc) is 3.15. The zero-order valence-corrected chi connectivity index (χ0v) is 15.7. The van der Waals surface area contributed by atoms with Gasteiger partial charge in [0, 0.05) is 25.2 Å². The topological polar surface area (TPSA) is 87.7 Å². The maximum atomic E-state index is 12.2. The molecule has 7 nitrogen and oxygen atoms in total. The van der Waals surface area contributed by atoms with Gasteiger partial charge >= 0.3 is 6.03 Å². The lowest BCUT2D eigenvalue weighted by atomic mass is 10.1. The summed E-state index contributed by atoms with van der Waals surface area (Å²) in [5.41, 5.74) is 2.44. The fourth-order valence-electron chi connectivity index (χ4n) is 2.94. The van der Waals surface area contributed by atoms with Crippen LogP contribution in [0.1, 0.15) is 17.5 Å². The quantitative estimate of drug-likeness (QED) is 0.804. The van der Waals surface area contributed by atoms with Gasteiger partial charge in [0.2, 0.25) is 5.91 Å². The SMILES string of the molecule is COc1ccc(CNC(=O)Nc2ccc(CC(=O)N3CCC(=O)C3)cc2)cc1. The summed E-state index contributed by atoms with van der Waals surface area (Å²) in [4.78, 5) is 37.1. The minimum Gasteiger partial charge on any atom is -0.497 e. The van der Waals surface area contributed by atoms with E-state index in [4.69, 9.17) is 4.74 Å². The molecule has 0 unspecified atom stereocenters. The molecule has 0 aromatic heterocycles. The molecule has 28 heavy (non-hydrogen) atoms. The highest BCUT2D eigenvalue weighted by Crippen LogP contribution is 2.13. The number of anilines is 1. The highest BCUT2D eigenvalue weighted by atomic mass is 16.5. The molecule has 1 saturated heterocycles. The van der Waals surface area contributed by atoms with Gasteiger partial charge in [-0.2, -0.15) is 0 Å². The molecule has 0 radical (unpaired) electrons. The molecule has 0 atom stereocenters. The molecule has 2 aromatic rings. The minimum atomic E-state index is -0.310. The lowest BCUT2D eigenvalue weighted by Crippen LogP contribution is -2.30. The van der Waals surface area contributed by atoms with E-state index in [1.807, 2.05) is 24.3 Å². The number of carbonyl (C=O) groups excluding carboxylic acids is 3. The standard InChI is InChI=1S/C21H23N3O4/c1-28-19-8-4-16(5-9-19)13-22-21(27)23-17-6-2-15(3-7-17)12-20(26)24-11-10-18(25)14-24/h2-9H,10-14H2,1H3,(H2,22,23,27). The third-order valence-corrected chi connectivity index (χ3v) is 4.56. The lowest BCUT2D eigenvalue weighted by molar-refractivity contribution is -0.131. The van der Waals surface area contributed by atoms with Crippen LogP contribution in [-0.2, 0) is 22.6 Å². The van der Waals surface area contributed by atoms with Gasteiger partial charge in [0.15, 0.2) is 5.78 Å². The van der Waals surface area contributed by atoms with Gasteiger partial charge < -0.3 is 20.3 Å². The van der Waals surface area contributed by atoms with Gasteiger partial charge in [0.25, 0.3) is 0 Å². The summed E-state index contributed by atoms with van der Waals surface area (Å²) in [6, 6.07) is 14.3. The third kappa shape index (κ3) is 5.33. The molecule has 3 rings (SSSR count). The van der Waals surface area contributed by atoms with Crippen molar-refractivity contribution in [2.24, 2.45) is 0 Å². The van der Waals surface area contributed by atoms with Crippen LogP contribution in [0, 0.1) is 0 Å². The monoisotopic (exact) mass is 381 g/mol. The Morgan fingerprint density at radius 2 is 1.71 bits per heavy atom. The molecule has 0 bridgehead atoms. The van der Waals surface area contributed by atoms with Crippen LogP contribution >= 0.6 is 0 Å². The predicted octanol–water partition coefficient (Wildman–Crippen LogP) is 2.36.